The van der Waals surface area contributed by atoms with Crippen molar-refractivity contribution >= 4 is 62.4 Å². The smallest absolute Gasteiger partial charge is 0.248 e. The van der Waals surface area contributed by atoms with Crippen molar-refractivity contribution in [2.75, 3.05) is 5.32 Å². The zero-order valence-electron chi connectivity index (χ0n) is 13.2. The maximum absolute atomic E-state index is 12.3. The molecule has 0 aliphatic carbocycles. The van der Waals surface area contributed by atoms with E-state index in [2.05, 4.69) is 10.3 Å². The molecule has 3 rings (SSSR count). The lowest BCUT2D eigenvalue weighted by atomic mass is 10.2. The summed E-state index contributed by atoms with van der Waals surface area (Å²) in [6.07, 6.45) is 0. The molecule has 1 heterocycles. The third kappa shape index (κ3) is 4.31. The summed E-state index contributed by atoms with van der Waals surface area (Å²) in [7, 11) is 0. The number of carbonyl (C=O) groups is 2. The van der Waals surface area contributed by atoms with Crippen LogP contribution in [-0.4, -0.2) is 22.0 Å². The van der Waals surface area contributed by atoms with Gasteiger partial charge in [-0.3, -0.25) is 9.59 Å². The van der Waals surface area contributed by atoms with Crippen molar-refractivity contribution in [3.63, 3.8) is 0 Å². The Morgan fingerprint density at radius 3 is 2.64 bits per heavy atom. The SMILES string of the molecule is C[C@H](Sc1nc2cc(Cl)ccc2s1)C(=O)Nc1ccc(C(N)=O)cc1. The first kappa shape index (κ1) is 17.7. The molecule has 8 heteroatoms. The van der Waals surface area contributed by atoms with Crippen LogP contribution in [0.1, 0.15) is 17.3 Å². The van der Waals surface area contributed by atoms with Crippen LogP contribution in [0.15, 0.2) is 46.8 Å². The predicted octanol–water partition coefficient (Wildman–Crippen LogP) is 4.17. The quantitative estimate of drug-likeness (QED) is 0.639. The minimum absolute atomic E-state index is 0.144. The van der Waals surface area contributed by atoms with Gasteiger partial charge >= 0.3 is 0 Å². The monoisotopic (exact) mass is 391 g/mol. The first-order chi connectivity index (χ1) is 11.9. The molecule has 0 radical (unpaired) electrons. The van der Waals surface area contributed by atoms with E-state index in [1.54, 1.807) is 24.3 Å². The van der Waals surface area contributed by atoms with Crippen LogP contribution in [0, 0.1) is 0 Å². The highest BCUT2D eigenvalue weighted by molar-refractivity contribution is 8.02. The number of amides is 2. The van der Waals surface area contributed by atoms with E-state index in [1.165, 1.54) is 23.1 Å². The summed E-state index contributed by atoms with van der Waals surface area (Å²) >= 11 is 8.88. The lowest BCUT2D eigenvalue weighted by Gasteiger charge is -2.10. The number of aromatic nitrogens is 1. The average molecular weight is 392 g/mol. The van der Waals surface area contributed by atoms with Crippen molar-refractivity contribution in [3.05, 3.63) is 53.1 Å². The van der Waals surface area contributed by atoms with Gasteiger partial charge in [0.05, 0.1) is 15.5 Å². The molecule has 1 aromatic heterocycles. The second-order valence-electron chi connectivity index (χ2n) is 5.28. The molecule has 5 nitrogen and oxygen atoms in total. The predicted molar refractivity (Wildman–Crippen MR) is 104 cm³/mol. The second kappa shape index (κ2) is 7.43. The number of carbonyl (C=O) groups excluding carboxylic acids is 2. The third-order valence-electron chi connectivity index (χ3n) is 3.41. The van der Waals surface area contributed by atoms with Crippen LogP contribution in [0.2, 0.25) is 5.02 Å². The van der Waals surface area contributed by atoms with Gasteiger partial charge in [-0.15, -0.1) is 11.3 Å². The molecule has 3 aromatic rings. The maximum atomic E-state index is 12.3. The topological polar surface area (TPSA) is 85.1 Å². The Kier molecular flexibility index (Phi) is 5.27. The molecular formula is C17H14ClN3O2S2. The van der Waals surface area contributed by atoms with Gasteiger partial charge in [0.25, 0.3) is 0 Å². The summed E-state index contributed by atoms with van der Waals surface area (Å²) in [6.45, 7) is 1.82. The van der Waals surface area contributed by atoms with Crippen molar-refractivity contribution in [1.29, 1.82) is 0 Å². The van der Waals surface area contributed by atoms with Crippen LogP contribution in [0.5, 0.6) is 0 Å². The Bertz CT molecular complexity index is 941. The summed E-state index contributed by atoms with van der Waals surface area (Å²) in [5.41, 5.74) is 7.03. The number of benzene rings is 2. The van der Waals surface area contributed by atoms with Crippen LogP contribution in [0.3, 0.4) is 0 Å². The number of rotatable bonds is 5. The summed E-state index contributed by atoms with van der Waals surface area (Å²) in [6, 6.07) is 12.0. The molecule has 0 fully saturated rings. The number of hydrogen-bond donors (Lipinski definition) is 2. The molecule has 0 bridgehead atoms. The Labute approximate surface area is 157 Å². The van der Waals surface area contributed by atoms with Gasteiger partial charge in [0.1, 0.15) is 0 Å². The van der Waals surface area contributed by atoms with Crippen molar-refractivity contribution in [3.8, 4) is 0 Å². The van der Waals surface area contributed by atoms with Crippen LogP contribution >= 0.6 is 34.7 Å². The van der Waals surface area contributed by atoms with Crippen LogP contribution < -0.4 is 11.1 Å². The van der Waals surface area contributed by atoms with Crippen LogP contribution in [-0.2, 0) is 4.79 Å². The molecule has 0 aliphatic rings. The second-order valence-corrected chi connectivity index (χ2v) is 8.34. The van der Waals surface area contributed by atoms with E-state index < -0.39 is 5.91 Å². The minimum Gasteiger partial charge on any atom is -0.366 e. The van der Waals surface area contributed by atoms with Gasteiger partial charge in [0, 0.05) is 16.3 Å². The fourth-order valence-electron chi connectivity index (χ4n) is 2.10. The van der Waals surface area contributed by atoms with Crippen LogP contribution in [0.4, 0.5) is 5.69 Å². The van der Waals surface area contributed by atoms with E-state index in [-0.39, 0.29) is 11.2 Å². The van der Waals surface area contributed by atoms with Crippen molar-refractivity contribution in [2.24, 2.45) is 5.73 Å². The molecular weight excluding hydrogens is 378 g/mol. The highest BCUT2D eigenvalue weighted by Crippen LogP contribution is 2.33. The van der Waals surface area contributed by atoms with Gasteiger partial charge in [0.2, 0.25) is 11.8 Å². The number of thioether (sulfide) groups is 1. The summed E-state index contributed by atoms with van der Waals surface area (Å²) in [5.74, 6) is -0.646. The van der Waals surface area contributed by atoms with Gasteiger partial charge in [-0.2, -0.15) is 0 Å². The number of halogens is 1. The molecule has 0 saturated carbocycles. The number of nitrogens with zero attached hydrogens (tertiary/aromatic N) is 1. The Morgan fingerprint density at radius 2 is 1.96 bits per heavy atom. The standard InChI is InChI=1S/C17H14ClN3O2S2/c1-9(16(23)20-12-5-2-10(3-6-12)15(19)22)24-17-21-13-8-11(18)4-7-14(13)25-17/h2-9H,1H3,(H2,19,22)(H,20,23)/t9-/m0/s1. The van der Waals surface area contributed by atoms with Gasteiger partial charge in [-0.05, 0) is 49.4 Å². The molecule has 0 aliphatic heterocycles. The van der Waals surface area contributed by atoms with E-state index in [0.717, 1.165) is 14.6 Å². The molecule has 3 N–H and O–H groups in total. The number of nitrogens with one attached hydrogen (secondary N) is 1. The maximum Gasteiger partial charge on any atom is 0.248 e. The Hall–Kier alpha value is -2.09. The molecule has 128 valence electrons. The summed E-state index contributed by atoms with van der Waals surface area (Å²) in [5, 5.41) is 3.13. The highest BCUT2D eigenvalue weighted by Gasteiger charge is 2.17. The van der Waals surface area contributed by atoms with Gasteiger partial charge in [-0.25, -0.2) is 4.98 Å². The van der Waals surface area contributed by atoms with Crippen molar-refractivity contribution in [1.82, 2.24) is 4.98 Å². The van der Waals surface area contributed by atoms with E-state index in [9.17, 15) is 9.59 Å². The van der Waals surface area contributed by atoms with E-state index in [1.807, 2.05) is 25.1 Å². The number of nitrogens with two attached hydrogens (primary N) is 1. The molecule has 2 aromatic carbocycles. The number of fused-ring (bicyclic) bond motifs is 1. The average Bonchev–Trinajstić information content (AvgIpc) is 2.96. The van der Waals surface area contributed by atoms with Crippen LogP contribution in [0.25, 0.3) is 10.2 Å². The lowest BCUT2D eigenvalue weighted by molar-refractivity contribution is -0.115. The largest absolute Gasteiger partial charge is 0.366 e. The summed E-state index contributed by atoms with van der Waals surface area (Å²) < 4.78 is 1.84. The molecule has 25 heavy (non-hydrogen) atoms. The third-order valence-corrected chi connectivity index (χ3v) is 5.88. The van der Waals surface area contributed by atoms with E-state index in [0.29, 0.717) is 16.3 Å². The van der Waals surface area contributed by atoms with E-state index in [4.69, 9.17) is 17.3 Å². The van der Waals surface area contributed by atoms with Crippen molar-refractivity contribution < 1.29 is 9.59 Å². The normalized spacial score (nSPS) is 12.1. The summed E-state index contributed by atoms with van der Waals surface area (Å²) in [4.78, 5) is 27.9. The molecule has 0 unspecified atom stereocenters. The Morgan fingerprint density at radius 1 is 1.24 bits per heavy atom. The molecule has 0 saturated heterocycles. The lowest BCUT2D eigenvalue weighted by Crippen LogP contribution is -2.22. The fourth-order valence-corrected chi connectivity index (χ4v) is 4.45. The molecule has 0 spiro atoms. The Balaban J connectivity index is 1.66. The molecule has 2 amide bonds. The minimum atomic E-state index is -0.502. The number of hydrogen-bond acceptors (Lipinski definition) is 5. The first-order valence-corrected chi connectivity index (χ1v) is 9.43. The highest BCUT2D eigenvalue weighted by atomic mass is 35.5. The van der Waals surface area contributed by atoms with Gasteiger partial charge < -0.3 is 11.1 Å². The first-order valence-electron chi connectivity index (χ1n) is 7.36. The van der Waals surface area contributed by atoms with E-state index >= 15 is 0 Å². The number of thiazole rings is 1. The van der Waals surface area contributed by atoms with Gasteiger partial charge in [0.15, 0.2) is 4.34 Å². The fraction of sp³-hybridized carbons (Fsp3) is 0.118. The number of primary amides is 1. The number of anilines is 1. The zero-order chi connectivity index (χ0) is 18.0. The van der Waals surface area contributed by atoms with Crippen molar-refractivity contribution in [2.45, 2.75) is 16.5 Å². The zero-order valence-corrected chi connectivity index (χ0v) is 15.5. The van der Waals surface area contributed by atoms with Gasteiger partial charge in [-0.1, -0.05) is 23.4 Å². The molecule has 1 atom stereocenters.